The average Bonchev–Trinajstić information content (AvgIpc) is 3.13. The molecule has 0 aliphatic carbocycles. The van der Waals surface area contributed by atoms with Crippen molar-refractivity contribution in [3.63, 3.8) is 0 Å². The average molecular weight is 489 g/mol. The Hall–Kier alpha value is -1.22. The number of hydrogen-bond acceptors (Lipinski definition) is 4. The van der Waals surface area contributed by atoms with E-state index in [0.29, 0.717) is 6.04 Å². The number of likely N-dealkylation sites (N-methyl/N-ethyl adjacent to an activating group) is 1. The summed E-state index contributed by atoms with van der Waals surface area (Å²) in [5, 5.41) is 6.99. The highest BCUT2D eigenvalue weighted by atomic mass is 127. The molecule has 0 amide bonds. The number of guanidine groups is 1. The van der Waals surface area contributed by atoms with E-state index in [1.165, 1.54) is 18.5 Å². The zero-order chi connectivity index (χ0) is 18.8. The standard InChI is InChI=1S/C20H35N5O.HI/c1-5-6-13-24(3)15-12-22-20(21-2)23-17-11-14-25(16-17)18-9-7-8-10-19(18)26-4;/h7-10,17H,5-6,11-16H2,1-4H3,(H2,21,22,23);1H. The van der Waals surface area contributed by atoms with Crippen LogP contribution in [0.3, 0.4) is 0 Å². The van der Waals surface area contributed by atoms with E-state index >= 15 is 0 Å². The number of nitrogens with zero attached hydrogens (tertiary/aromatic N) is 3. The molecule has 1 aliphatic rings. The van der Waals surface area contributed by atoms with Crippen molar-refractivity contribution in [2.75, 3.05) is 58.8 Å². The summed E-state index contributed by atoms with van der Waals surface area (Å²) in [6.45, 7) is 7.29. The molecule has 2 N–H and O–H groups in total. The molecule has 1 saturated heterocycles. The van der Waals surface area contributed by atoms with Gasteiger partial charge in [0.1, 0.15) is 5.75 Å². The van der Waals surface area contributed by atoms with E-state index in [2.05, 4.69) is 51.5 Å². The number of methoxy groups -OCH3 is 1. The Morgan fingerprint density at radius 1 is 1.33 bits per heavy atom. The molecular formula is C20H36IN5O. The lowest BCUT2D eigenvalue weighted by Gasteiger charge is -2.22. The van der Waals surface area contributed by atoms with Crippen molar-refractivity contribution >= 4 is 35.6 Å². The number of rotatable bonds is 9. The smallest absolute Gasteiger partial charge is 0.191 e. The highest BCUT2D eigenvalue weighted by Crippen LogP contribution is 2.30. The molecule has 0 saturated carbocycles. The van der Waals surface area contributed by atoms with E-state index in [4.69, 9.17) is 4.74 Å². The molecule has 1 aromatic carbocycles. The minimum Gasteiger partial charge on any atom is -0.495 e. The second-order valence-corrected chi connectivity index (χ2v) is 6.90. The molecule has 7 heteroatoms. The number of ether oxygens (including phenoxy) is 1. The maximum Gasteiger partial charge on any atom is 0.191 e. The van der Waals surface area contributed by atoms with Crippen LogP contribution in [0, 0.1) is 0 Å². The summed E-state index contributed by atoms with van der Waals surface area (Å²) in [6.07, 6.45) is 3.59. The van der Waals surface area contributed by atoms with Gasteiger partial charge in [0.25, 0.3) is 0 Å². The monoisotopic (exact) mass is 489 g/mol. The molecule has 1 heterocycles. The van der Waals surface area contributed by atoms with Crippen LogP contribution in [0.2, 0.25) is 0 Å². The van der Waals surface area contributed by atoms with Crippen LogP contribution in [0.15, 0.2) is 29.3 Å². The van der Waals surface area contributed by atoms with Gasteiger partial charge in [-0.05, 0) is 38.6 Å². The summed E-state index contributed by atoms with van der Waals surface area (Å²) in [5.41, 5.74) is 1.17. The normalized spacial score (nSPS) is 17.0. The Morgan fingerprint density at radius 3 is 2.81 bits per heavy atom. The lowest BCUT2D eigenvalue weighted by molar-refractivity contribution is 0.332. The fourth-order valence-electron chi connectivity index (χ4n) is 3.28. The topological polar surface area (TPSA) is 52.1 Å². The fraction of sp³-hybridized carbons (Fsp3) is 0.650. The lowest BCUT2D eigenvalue weighted by Crippen LogP contribution is -2.46. The molecule has 1 aliphatic heterocycles. The van der Waals surface area contributed by atoms with Gasteiger partial charge in [0.15, 0.2) is 5.96 Å². The number of halogens is 1. The highest BCUT2D eigenvalue weighted by Gasteiger charge is 2.25. The molecule has 0 bridgehead atoms. The Labute approximate surface area is 181 Å². The molecule has 6 nitrogen and oxygen atoms in total. The Balaban J connectivity index is 0.00000364. The summed E-state index contributed by atoms with van der Waals surface area (Å²) in [5.74, 6) is 1.83. The van der Waals surface area contributed by atoms with Gasteiger partial charge in [-0.1, -0.05) is 25.5 Å². The molecule has 0 radical (unpaired) electrons. The minimum absolute atomic E-state index is 0. The van der Waals surface area contributed by atoms with Crippen LogP contribution in [0.4, 0.5) is 5.69 Å². The van der Waals surface area contributed by atoms with E-state index < -0.39 is 0 Å². The number of nitrogens with one attached hydrogen (secondary N) is 2. The van der Waals surface area contributed by atoms with E-state index in [0.717, 1.165) is 50.9 Å². The first kappa shape index (κ1) is 23.8. The Morgan fingerprint density at radius 2 is 2.11 bits per heavy atom. The van der Waals surface area contributed by atoms with Gasteiger partial charge in [-0.3, -0.25) is 4.99 Å². The minimum atomic E-state index is 0. The zero-order valence-corrected chi connectivity index (χ0v) is 19.5. The lowest BCUT2D eigenvalue weighted by atomic mass is 10.2. The largest absolute Gasteiger partial charge is 0.495 e. The number of unbranched alkanes of at least 4 members (excludes halogenated alkanes) is 1. The fourth-order valence-corrected chi connectivity index (χ4v) is 3.28. The van der Waals surface area contributed by atoms with Crippen LogP contribution < -0.4 is 20.3 Å². The van der Waals surface area contributed by atoms with Crippen LogP contribution in [0.5, 0.6) is 5.75 Å². The number of para-hydroxylation sites is 2. The zero-order valence-electron chi connectivity index (χ0n) is 17.2. The van der Waals surface area contributed by atoms with E-state index in [9.17, 15) is 0 Å². The molecule has 0 spiro atoms. The number of aliphatic imine (C=N–C) groups is 1. The molecular weight excluding hydrogens is 453 g/mol. The molecule has 2 rings (SSSR count). The molecule has 1 atom stereocenters. The first-order valence-electron chi connectivity index (χ1n) is 9.71. The second-order valence-electron chi connectivity index (χ2n) is 6.90. The first-order valence-corrected chi connectivity index (χ1v) is 9.71. The molecule has 1 fully saturated rings. The van der Waals surface area contributed by atoms with Crippen LogP contribution in [-0.4, -0.2) is 70.8 Å². The summed E-state index contributed by atoms with van der Waals surface area (Å²) in [6, 6.07) is 8.61. The van der Waals surface area contributed by atoms with Crippen LogP contribution in [0.1, 0.15) is 26.2 Å². The SMILES string of the molecule is CCCCN(C)CCNC(=NC)NC1CCN(c2ccccc2OC)C1.I. The van der Waals surface area contributed by atoms with E-state index in [-0.39, 0.29) is 24.0 Å². The predicted octanol–water partition coefficient (Wildman–Crippen LogP) is 2.79. The van der Waals surface area contributed by atoms with Crippen LogP contribution in [-0.2, 0) is 0 Å². The summed E-state index contributed by atoms with van der Waals surface area (Å²) in [7, 11) is 5.74. The summed E-state index contributed by atoms with van der Waals surface area (Å²) >= 11 is 0. The van der Waals surface area contributed by atoms with Crippen molar-refractivity contribution in [1.29, 1.82) is 0 Å². The van der Waals surface area contributed by atoms with Gasteiger partial charge < -0.3 is 25.2 Å². The van der Waals surface area contributed by atoms with Crippen molar-refractivity contribution in [3.05, 3.63) is 24.3 Å². The maximum atomic E-state index is 5.50. The van der Waals surface area contributed by atoms with Gasteiger partial charge in [-0.15, -0.1) is 24.0 Å². The van der Waals surface area contributed by atoms with Gasteiger partial charge in [-0.2, -0.15) is 0 Å². The third kappa shape index (κ3) is 7.73. The van der Waals surface area contributed by atoms with Crippen molar-refractivity contribution in [1.82, 2.24) is 15.5 Å². The van der Waals surface area contributed by atoms with E-state index in [1.807, 2.05) is 19.2 Å². The summed E-state index contributed by atoms with van der Waals surface area (Å²) in [4.78, 5) is 9.12. The van der Waals surface area contributed by atoms with Gasteiger partial charge >= 0.3 is 0 Å². The molecule has 1 aromatic rings. The van der Waals surface area contributed by atoms with Crippen molar-refractivity contribution in [2.24, 2.45) is 4.99 Å². The van der Waals surface area contributed by atoms with Crippen LogP contribution >= 0.6 is 24.0 Å². The highest BCUT2D eigenvalue weighted by molar-refractivity contribution is 14.0. The van der Waals surface area contributed by atoms with E-state index in [1.54, 1.807) is 7.11 Å². The number of anilines is 1. The molecule has 154 valence electrons. The Kier molecular flexibility index (Phi) is 11.5. The number of hydrogen-bond donors (Lipinski definition) is 2. The molecule has 27 heavy (non-hydrogen) atoms. The summed E-state index contributed by atoms with van der Waals surface area (Å²) < 4.78 is 5.50. The van der Waals surface area contributed by atoms with Gasteiger partial charge in [0, 0.05) is 39.3 Å². The number of benzene rings is 1. The first-order chi connectivity index (χ1) is 12.7. The van der Waals surface area contributed by atoms with Gasteiger partial charge in [0.2, 0.25) is 0 Å². The second kappa shape index (κ2) is 13.0. The molecule has 1 unspecified atom stereocenters. The Bertz CT molecular complexity index is 569. The third-order valence-electron chi connectivity index (χ3n) is 4.86. The maximum absolute atomic E-state index is 5.50. The van der Waals surface area contributed by atoms with Crippen LogP contribution in [0.25, 0.3) is 0 Å². The molecule has 0 aromatic heterocycles. The van der Waals surface area contributed by atoms with Crippen molar-refractivity contribution in [3.8, 4) is 5.75 Å². The van der Waals surface area contributed by atoms with Crippen molar-refractivity contribution < 1.29 is 4.74 Å². The third-order valence-corrected chi connectivity index (χ3v) is 4.86. The van der Waals surface area contributed by atoms with Crippen molar-refractivity contribution in [2.45, 2.75) is 32.2 Å². The van der Waals surface area contributed by atoms with Gasteiger partial charge in [-0.25, -0.2) is 0 Å². The van der Waals surface area contributed by atoms with Gasteiger partial charge in [0.05, 0.1) is 12.8 Å². The quantitative estimate of drug-likeness (QED) is 0.318. The predicted molar refractivity (Wildman–Crippen MR) is 126 cm³/mol.